The van der Waals surface area contributed by atoms with Crippen LogP contribution in [0.3, 0.4) is 0 Å². The van der Waals surface area contributed by atoms with E-state index in [0.29, 0.717) is 17.3 Å². The third kappa shape index (κ3) is 6.70. The van der Waals surface area contributed by atoms with Crippen LogP contribution in [0.1, 0.15) is 113 Å². The number of rotatable bonds is 9. The molecule has 1 nitrogen and oxygen atoms in total. The van der Waals surface area contributed by atoms with Gasteiger partial charge in [-0.1, -0.05) is 67.4 Å². The molecule has 1 heteroatoms. The highest BCUT2D eigenvalue weighted by atomic mass is 16.3. The summed E-state index contributed by atoms with van der Waals surface area (Å²) >= 11 is 0. The third-order valence-electron chi connectivity index (χ3n) is 8.60. The van der Waals surface area contributed by atoms with Crippen molar-refractivity contribution in [2.45, 2.75) is 119 Å². The molecule has 0 aromatic heterocycles. The number of aliphatic hydroxyl groups is 1. The van der Waals surface area contributed by atoms with Crippen molar-refractivity contribution in [3.05, 3.63) is 46.6 Å². The molecule has 1 N–H and O–H groups in total. The molecule has 0 radical (unpaired) electrons. The van der Waals surface area contributed by atoms with E-state index in [-0.39, 0.29) is 11.5 Å². The van der Waals surface area contributed by atoms with Crippen molar-refractivity contribution < 1.29 is 5.11 Å². The van der Waals surface area contributed by atoms with Crippen molar-refractivity contribution >= 4 is 0 Å². The molecule has 176 valence electrons. The van der Waals surface area contributed by atoms with Crippen LogP contribution in [0, 0.1) is 22.7 Å². The van der Waals surface area contributed by atoms with Gasteiger partial charge in [-0.05, 0) is 115 Å². The quantitative estimate of drug-likeness (QED) is 0.365. The smallest absolute Gasteiger partial charge is 0.0594 e. The van der Waals surface area contributed by atoms with Crippen LogP contribution in [0.5, 0.6) is 0 Å². The summed E-state index contributed by atoms with van der Waals surface area (Å²) in [5, 5.41) is 10.6. The van der Waals surface area contributed by atoms with Gasteiger partial charge in [-0.3, -0.25) is 0 Å². The lowest BCUT2D eigenvalue weighted by atomic mass is 9.47. The molecule has 0 heterocycles. The number of hydrogen-bond donors (Lipinski definition) is 1. The normalized spacial score (nSPS) is 31.1. The number of aliphatic hydroxyl groups excluding tert-OH is 1. The van der Waals surface area contributed by atoms with Gasteiger partial charge in [0.25, 0.3) is 0 Å². The summed E-state index contributed by atoms with van der Waals surface area (Å²) in [6.07, 6.45) is 20.0. The predicted molar refractivity (Wildman–Crippen MR) is 137 cm³/mol. The van der Waals surface area contributed by atoms with Gasteiger partial charge in [0.1, 0.15) is 0 Å². The van der Waals surface area contributed by atoms with Gasteiger partial charge in [-0.2, -0.15) is 0 Å². The zero-order valence-electron chi connectivity index (χ0n) is 21.9. The highest BCUT2D eigenvalue weighted by Gasteiger charge is 2.54. The fourth-order valence-electron chi connectivity index (χ4n) is 6.42. The summed E-state index contributed by atoms with van der Waals surface area (Å²) in [6, 6.07) is 0. The zero-order chi connectivity index (χ0) is 23.2. The standard InChI is InChI=1S/C30H50O/c1-22(2)12-9-13-23(3)14-10-15-24(4)16-11-17-26-25(5)18-19-27-29(6,7)28(31)20-21-30(26,27)8/h12,14,16,18,26-28,31H,9-11,13,15,17,19-21H2,1-8H3/b23-14+,24-16+/t26-,27-,28-,30-/m0/s1. The Morgan fingerprint density at radius 2 is 1.55 bits per heavy atom. The van der Waals surface area contributed by atoms with Gasteiger partial charge in [-0.25, -0.2) is 0 Å². The van der Waals surface area contributed by atoms with Gasteiger partial charge in [0, 0.05) is 0 Å². The minimum Gasteiger partial charge on any atom is -0.393 e. The topological polar surface area (TPSA) is 20.2 Å². The first-order chi connectivity index (χ1) is 14.5. The van der Waals surface area contributed by atoms with E-state index in [4.69, 9.17) is 0 Å². The van der Waals surface area contributed by atoms with Crippen LogP contribution in [0.4, 0.5) is 0 Å². The van der Waals surface area contributed by atoms with Gasteiger partial charge in [-0.15, -0.1) is 0 Å². The Morgan fingerprint density at radius 3 is 2.16 bits per heavy atom. The highest BCUT2D eigenvalue weighted by Crippen LogP contribution is 2.60. The first kappa shape index (κ1) is 26.2. The van der Waals surface area contributed by atoms with E-state index in [2.05, 4.69) is 79.7 Å². The molecule has 0 saturated heterocycles. The summed E-state index contributed by atoms with van der Waals surface area (Å²) in [5.74, 6) is 1.24. The second kappa shape index (κ2) is 11.2. The van der Waals surface area contributed by atoms with Crippen molar-refractivity contribution in [2.75, 3.05) is 0 Å². The Balaban J connectivity index is 1.90. The molecule has 0 aromatic rings. The second-order valence-electron chi connectivity index (χ2n) is 11.7. The average Bonchev–Trinajstić information content (AvgIpc) is 2.67. The van der Waals surface area contributed by atoms with Crippen LogP contribution in [0.25, 0.3) is 0 Å². The number of fused-ring (bicyclic) bond motifs is 1. The predicted octanol–water partition coefficient (Wildman–Crippen LogP) is 8.96. The van der Waals surface area contributed by atoms with E-state index in [1.54, 1.807) is 5.57 Å². The molecule has 1 saturated carbocycles. The Hall–Kier alpha value is -1.08. The van der Waals surface area contributed by atoms with Crippen LogP contribution in [0.15, 0.2) is 46.6 Å². The first-order valence-electron chi connectivity index (χ1n) is 12.8. The van der Waals surface area contributed by atoms with E-state index in [0.717, 1.165) is 25.7 Å². The molecular weight excluding hydrogens is 376 g/mol. The molecule has 0 bridgehead atoms. The molecule has 2 aliphatic carbocycles. The molecule has 0 aliphatic heterocycles. The van der Waals surface area contributed by atoms with Crippen molar-refractivity contribution in [1.82, 2.24) is 0 Å². The minimum atomic E-state index is -0.154. The lowest BCUT2D eigenvalue weighted by Gasteiger charge is -2.58. The number of allylic oxidation sites excluding steroid dienone is 8. The van der Waals surface area contributed by atoms with E-state index in [1.165, 1.54) is 48.8 Å². The van der Waals surface area contributed by atoms with Crippen LogP contribution in [-0.2, 0) is 0 Å². The Labute approximate surface area is 193 Å². The summed E-state index contributed by atoms with van der Waals surface area (Å²) in [4.78, 5) is 0. The molecule has 4 atom stereocenters. The van der Waals surface area contributed by atoms with E-state index in [1.807, 2.05) is 0 Å². The summed E-state index contributed by atoms with van der Waals surface area (Å²) in [7, 11) is 0. The largest absolute Gasteiger partial charge is 0.393 e. The van der Waals surface area contributed by atoms with Crippen molar-refractivity contribution in [2.24, 2.45) is 22.7 Å². The Morgan fingerprint density at radius 1 is 0.968 bits per heavy atom. The van der Waals surface area contributed by atoms with E-state index >= 15 is 0 Å². The first-order valence-corrected chi connectivity index (χ1v) is 12.8. The van der Waals surface area contributed by atoms with Crippen molar-refractivity contribution in [3.8, 4) is 0 Å². The molecule has 31 heavy (non-hydrogen) atoms. The zero-order valence-corrected chi connectivity index (χ0v) is 21.9. The van der Waals surface area contributed by atoms with E-state index < -0.39 is 0 Å². The summed E-state index contributed by atoms with van der Waals surface area (Å²) in [5.41, 5.74) is 6.41. The molecule has 2 rings (SSSR count). The summed E-state index contributed by atoms with van der Waals surface area (Å²) < 4.78 is 0. The lowest BCUT2D eigenvalue weighted by Crippen LogP contribution is -2.54. The summed E-state index contributed by atoms with van der Waals surface area (Å²) in [6.45, 7) is 18.4. The van der Waals surface area contributed by atoms with Crippen molar-refractivity contribution in [1.29, 1.82) is 0 Å². The van der Waals surface area contributed by atoms with Crippen LogP contribution >= 0.6 is 0 Å². The van der Waals surface area contributed by atoms with Gasteiger partial charge in [0.2, 0.25) is 0 Å². The van der Waals surface area contributed by atoms with Gasteiger partial charge in [0.05, 0.1) is 6.10 Å². The van der Waals surface area contributed by atoms with Crippen LogP contribution < -0.4 is 0 Å². The van der Waals surface area contributed by atoms with Gasteiger partial charge < -0.3 is 5.11 Å². The maximum atomic E-state index is 10.6. The highest BCUT2D eigenvalue weighted by molar-refractivity contribution is 5.19. The van der Waals surface area contributed by atoms with Gasteiger partial charge >= 0.3 is 0 Å². The van der Waals surface area contributed by atoms with Crippen LogP contribution in [0.2, 0.25) is 0 Å². The van der Waals surface area contributed by atoms with Crippen LogP contribution in [-0.4, -0.2) is 11.2 Å². The molecule has 1 fully saturated rings. The molecule has 2 aliphatic rings. The molecule has 0 amide bonds. The fraction of sp³-hybridized carbons (Fsp3) is 0.733. The molecule has 0 unspecified atom stereocenters. The maximum Gasteiger partial charge on any atom is 0.0594 e. The Kier molecular flexibility index (Phi) is 9.43. The monoisotopic (exact) mass is 426 g/mol. The second-order valence-corrected chi connectivity index (χ2v) is 11.7. The molecule has 0 aromatic carbocycles. The average molecular weight is 427 g/mol. The molecular formula is C30H50O. The fourth-order valence-corrected chi connectivity index (χ4v) is 6.42. The van der Waals surface area contributed by atoms with Gasteiger partial charge in [0.15, 0.2) is 0 Å². The van der Waals surface area contributed by atoms with Crippen molar-refractivity contribution in [3.63, 3.8) is 0 Å². The lowest BCUT2D eigenvalue weighted by molar-refractivity contribution is -0.115. The Bertz CT molecular complexity index is 713. The third-order valence-corrected chi connectivity index (χ3v) is 8.60. The minimum absolute atomic E-state index is 0.0179. The maximum absolute atomic E-state index is 10.6. The van der Waals surface area contributed by atoms with E-state index in [9.17, 15) is 5.11 Å². The SMILES string of the molecule is CC(C)=CCC/C(C)=C/CC/C(C)=C/CC[C@H]1C(C)=CC[C@H]2C(C)(C)[C@@H](O)CC[C@@]12C. The molecule has 0 spiro atoms. The number of hydrogen-bond acceptors (Lipinski definition) is 1.